The number of carbonyl (C=O) groups is 2. The van der Waals surface area contributed by atoms with Crippen molar-refractivity contribution in [1.82, 2.24) is 0 Å². The lowest BCUT2D eigenvalue weighted by Crippen LogP contribution is -2.23. The second-order valence-corrected chi connectivity index (χ2v) is 8.18. The Balaban J connectivity index is 2.26. The van der Waals surface area contributed by atoms with Crippen LogP contribution in [0.1, 0.15) is 36.7 Å². The maximum Gasteiger partial charge on any atom is 0.338 e. The fraction of sp³-hybridized carbons (Fsp3) is 0.333. The van der Waals surface area contributed by atoms with Crippen LogP contribution in [0, 0.1) is 10.1 Å². The predicted molar refractivity (Wildman–Crippen MR) is 115 cm³/mol. The summed E-state index contributed by atoms with van der Waals surface area (Å²) in [5.41, 5.74) is 0.986. The molecule has 0 aromatic heterocycles. The molecule has 0 aliphatic carbocycles. The fourth-order valence-electron chi connectivity index (χ4n) is 2.58. The molecule has 0 aliphatic rings. The Morgan fingerprint density at radius 3 is 2.40 bits per heavy atom. The number of esters is 2. The van der Waals surface area contributed by atoms with E-state index in [0.29, 0.717) is 5.56 Å². The Morgan fingerprint density at radius 1 is 1.17 bits per heavy atom. The number of hydrogen-bond acceptors (Lipinski definition) is 7. The number of halogens is 1. The summed E-state index contributed by atoms with van der Waals surface area (Å²) in [7, 11) is 0. The summed E-state index contributed by atoms with van der Waals surface area (Å²) in [4.78, 5) is 35.5. The van der Waals surface area contributed by atoms with Gasteiger partial charge in [-0.15, -0.1) is 11.8 Å². The monoisotopic (exact) mass is 451 g/mol. The highest BCUT2D eigenvalue weighted by Crippen LogP contribution is 2.39. The highest BCUT2D eigenvalue weighted by molar-refractivity contribution is 8.00. The lowest BCUT2D eigenvalue weighted by Gasteiger charge is -2.16. The van der Waals surface area contributed by atoms with Crippen LogP contribution in [0.4, 0.5) is 5.69 Å². The molecule has 1 unspecified atom stereocenters. The van der Waals surface area contributed by atoms with Gasteiger partial charge in [-0.05, 0) is 51.0 Å². The van der Waals surface area contributed by atoms with E-state index in [4.69, 9.17) is 21.1 Å². The molecule has 0 spiro atoms. The molecule has 7 nitrogen and oxygen atoms in total. The third-order valence-corrected chi connectivity index (χ3v) is 5.64. The lowest BCUT2D eigenvalue weighted by molar-refractivity contribution is -0.387. The van der Waals surface area contributed by atoms with E-state index in [2.05, 4.69) is 0 Å². The quantitative estimate of drug-likeness (QED) is 0.227. The van der Waals surface area contributed by atoms with Gasteiger partial charge in [0.15, 0.2) is 0 Å². The number of carbonyl (C=O) groups excluding carboxylic acids is 2. The van der Waals surface area contributed by atoms with Crippen molar-refractivity contribution in [3.63, 3.8) is 0 Å². The fourth-order valence-corrected chi connectivity index (χ4v) is 4.05. The van der Waals surface area contributed by atoms with Gasteiger partial charge in [0.1, 0.15) is 10.1 Å². The van der Waals surface area contributed by atoms with E-state index in [1.54, 1.807) is 45.0 Å². The van der Waals surface area contributed by atoms with Crippen LogP contribution in [0.15, 0.2) is 47.4 Å². The van der Waals surface area contributed by atoms with Crippen LogP contribution in [0.2, 0.25) is 5.02 Å². The molecular formula is C21H22ClNO6S. The van der Waals surface area contributed by atoms with Crippen molar-refractivity contribution in [3.8, 4) is 0 Å². The van der Waals surface area contributed by atoms with E-state index in [1.807, 2.05) is 0 Å². The molecule has 0 N–H and O–H groups in total. The maximum atomic E-state index is 12.5. The van der Waals surface area contributed by atoms with E-state index < -0.39 is 22.1 Å². The molecule has 0 saturated carbocycles. The lowest BCUT2D eigenvalue weighted by atomic mass is 10.1. The minimum absolute atomic E-state index is 0.173. The van der Waals surface area contributed by atoms with Gasteiger partial charge in [-0.3, -0.25) is 14.9 Å². The number of ether oxygens (including phenoxy) is 2. The maximum absolute atomic E-state index is 12.5. The highest BCUT2D eigenvalue weighted by Gasteiger charge is 2.27. The first kappa shape index (κ1) is 23.7. The Morgan fingerprint density at radius 2 is 1.83 bits per heavy atom. The van der Waals surface area contributed by atoms with Gasteiger partial charge in [-0.25, -0.2) is 4.79 Å². The van der Waals surface area contributed by atoms with Gasteiger partial charge in [0, 0.05) is 6.07 Å². The molecule has 2 rings (SSSR count). The molecule has 0 bridgehead atoms. The summed E-state index contributed by atoms with van der Waals surface area (Å²) in [5.74, 6) is -0.931. The Bertz CT molecular complexity index is 916. The van der Waals surface area contributed by atoms with Crippen molar-refractivity contribution < 1.29 is 24.0 Å². The van der Waals surface area contributed by atoms with E-state index in [1.165, 1.54) is 18.2 Å². The molecule has 1 atom stereocenters. The molecule has 30 heavy (non-hydrogen) atoms. The number of rotatable bonds is 9. The van der Waals surface area contributed by atoms with E-state index in [0.717, 1.165) is 17.3 Å². The molecule has 2 aromatic rings. The SMILES string of the molecule is CCOC(=O)C(Cc1ccc(C(=O)OC(C)C)cc1)Sc1c(Cl)cccc1[N+](=O)[O-]. The van der Waals surface area contributed by atoms with E-state index in [-0.39, 0.29) is 34.7 Å². The molecular weight excluding hydrogens is 430 g/mol. The number of hydrogen-bond donors (Lipinski definition) is 0. The normalized spacial score (nSPS) is 11.8. The van der Waals surface area contributed by atoms with Gasteiger partial charge in [-0.1, -0.05) is 29.8 Å². The molecule has 2 aromatic carbocycles. The van der Waals surface area contributed by atoms with Crippen molar-refractivity contribution >= 4 is 41.0 Å². The van der Waals surface area contributed by atoms with Crippen molar-refractivity contribution in [2.75, 3.05) is 6.61 Å². The third kappa shape index (κ3) is 6.47. The minimum Gasteiger partial charge on any atom is -0.465 e. The largest absolute Gasteiger partial charge is 0.465 e. The number of nitro groups is 1. The van der Waals surface area contributed by atoms with Crippen LogP contribution in [-0.2, 0) is 20.7 Å². The summed E-state index contributed by atoms with van der Waals surface area (Å²) in [5, 5.41) is 10.8. The first-order valence-corrected chi connectivity index (χ1v) is 10.5. The summed E-state index contributed by atoms with van der Waals surface area (Å²) in [6.45, 7) is 5.40. The van der Waals surface area contributed by atoms with Gasteiger partial charge < -0.3 is 9.47 Å². The van der Waals surface area contributed by atoms with Crippen LogP contribution in [-0.4, -0.2) is 34.8 Å². The van der Waals surface area contributed by atoms with Crippen LogP contribution in [0.25, 0.3) is 0 Å². The van der Waals surface area contributed by atoms with E-state index >= 15 is 0 Å². The first-order valence-electron chi connectivity index (χ1n) is 9.29. The molecule has 0 fully saturated rings. The van der Waals surface area contributed by atoms with Gasteiger partial charge in [0.05, 0.1) is 28.2 Å². The zero-order valence-electron chi connectivity index (χ0n) is 16.8. The van der Waals surface area contributed by atoms with Crippen molar-refractivity contribution in [2.24, 2.45) is 0 Å². The second kappa shape index (κ2) is 11.0. The number of nitro benzene ring substituents is 1. The Kier molecular flexibility index (Phi) is 8.68. The van der Waals surface area contributed by atoms with Crippen LogP contribution in [0.3, 0.4) is 0 Å². The molecule has 160 valence electrons. The van der Waals surface area contributed by atoms with Gasteiger partial charge >= 0.3 is 11.9 Å². The van der Waals surface area contributed by atoms with Crippen molar-refractivity contribution in [2.45, 2.75) is 43.4 Å². The topological polar surface area (TPSA) is 95.7 Å². The number of thioether (sulfide) groups is 1. The molecule has 0 radical (unpaired) electrons. The Hall–Kier alpha value is -2.58. The van der Waals surface area contributed by atoms with Crippen molar-refractivity contribution in [1.29, 1.82) is 0 Å². The smallest absolute Gasteiger partial charge is 0.338 e. The molecule has 0 amide bonds. The molecule has 0 aliphatic heterocycles. The highest BCUT2D eigenvalue weighted by atomic mass is 35.5. The zero-order valence-corrected chi connectivity index (χ0v) is 18.4. The number of benzene rings is 2. The average Bonchev–Trinajstić information content (AvgIpc) is 2.68. The van der Waals surface area contributed by atoms with Crippen LogP contribution < -0.4 is 0 Å². The summed E-state index contributed by atoms with van der Waals surface area (Å²) >= 11 is 7.16. The summed E-state index contributed by atoms with van der Waals surface area (Å²) in [6, 6.07) is 11.0. The van der Waals surface area contributed by atoms with Crippen LogP contribution >= 0.6 is 23.4 Å². The third-order valence-electron chi connectivity index (χ3n) is 3.91. The standard InChI is InChI=1S/C21H22ClNO6S/c1-4-28-21(25)18(30-19-16(22)6-5-7-17(19)23(26)27)12-14-8-10-15(11-9-14)20(24)29-13(2)3/h5-11,13,18H,4,12H2,1-3H3. The zero-order chi connectivity index (χ0) is 22.3. The van der Waals surface area contributed by atoms with Crippen LogP contribution in [0.5, 0.6) is 0 Å². The van der Waals surface area contributed by atoms with Crippen molar-refractivity contribution in [3.05, 3.63) is 68.7 Å². The summed E-state index contributed by atoms with van der Waals surface area (Å²) in [6.07, 6.45) is 0.0129. The average molecular weight is 452 g/mol. The minimum atomic E-state index is -0.753. The Labute approximate surface area is 183 Å². The molecule has 0 saturated heterocycles. The molecule has 9 heteroatoms. The van der Waals surface area contributed by atoms with Gasteiger partial charge in [0.2, 0.25) is 0 Å². The van der Waals surface area contributed by atoms with Gasteiger partial charge in [-0.2, -0.15) is 0 Å². The van der Waals surface area contributed by atoms with E-state index in [9.17, 15) is 19.7 Å². The predicted octanol–water partition coefficient (Wildman–Crippen LogP) is 5.08. The first-order chi connectivity index (χ1) is 14.2. The summed E-state index contributed by atoms with van der Waals surface area (Å²) < 4.78 is 10.3. The number of nitrogens with zero attached hydrogens (tertiary/aromatic N) is 1. The molecule has 0 heterocycles. The second-order valence-electron chi connectivity index (χ2n) is 6.56. The van der Waals surface area contributed by atoms with Gasteiger partial charge in [0.25, 0.3) is 5.69 Å².